The number of carbonyl (C=O) groups is 2. The standard InChI is InChI=1S/C32H36N4O6/c37-20-22-10-12-23(13-11-22)29-18-26(19-36-21-33-27-6-4-5-7-28(27)36)41-32(42-29)24-14-16-25(17-15-24)34-30(38)8-2-1-3-9-31(39)35-40/h4-7,10-17,21,26,29,32,37,40H,1-3,8-9,18-20H2,(H,34,38)(H,35,39)/t26-,29+,32+/m1/s1. The molecular formula is C32H36N4O6. The van der Waals surface area contributed by atoms with Gasteiger partial charge in [0.2, 0.25) is 11.8 Å². The number of anilines is 1. The minimum atomic E-state index is -0.609. The number of benzene rings is 3. The van der Waals surface area contributed by atoms with Gasteiger partial charge in [-0.25, -0.2) is 10.5 Å². The quantitative estimate of drug-likeness (QED) is 0.105. The molecule has 4 aromatic rings. The molecule has 4 N–H and O–H groups in total. The number of aromatic nitrogens is 2. The van der Waals surface area contributed by atoms with E-state index in [0.717, 1.165) is 34.1 Å². The lowest BCUT2D eigenvalue weighted by Crippen LogP contribution is -2.32. The minimum absolute atomic E-state index is 0.0138. The van der Waals surface area contributed by atoms with Gasteiger partial charge in [-0.05, 0) is 48.2 Å². The van der Waals surface area contributed by atoms with Crippen molar-refractivity contribution in [1.82, 2.24) is 15.0 Å². The third-order valence-electron chi connectivity index (χ3n) is 7.44. The Morgan fingerprint density at radius 2 is 1.60 bits per heavy atom. The first-order chi connectivity index (χ1) is 20.5. The number of hydroxylamine groups is 1. The SMILES string of the molecule is O=C(CCCCCC(=O)Nc1ccc([C@H]2O[C@@H](Cn3cnc4ccccc43)C[C@@H](c3ccc(CO)cc3)O2)cc1)NO. The van der Waals surface area contributed by atoms with Crippen molar-refractivity contribution < 1.29 is 29.4 Å². The van der Waals surface area contributed by atoms with E-state index in [2.05, 4.69) is 14.9 Å². The lowest BCUT2D eigenvalue weighted by atomic mass is 10.00. The van der Waals surface area contributed by atoms with Gasteiger partial charge in [0.05, 0.1) is 42.7 Å². The van der Waals surface area contributed by atoms with E-state index >= 15 is 0 Å². The molecule has 2 heterocycles. The summed E-state index contributed by atoms with van der Waals surface area (Å²) in [6, 6.07) is 23.3. The third-order valence-corrected chi connectivity index (χ3v) is 7.44. The Morgan fingerprint density at radius 3 is 2.33 bits per heavy atom. The highest BCUT2D eigenvalue weighted by Crippen LogP contribution is 2.39. The zero-order chi connectivity index (χ0) is 29.3. The van der Waals surface area contributed by atoms with E-state index in [1.165, 1.54) is 0 Å². The van der Waals surface area contributed by atoms with Gasteiger partial charge in [-0.15, -0.1) is 0 Å². The summed E-state index contributed by atoms with van der Waals surface area (Å²) < 4.78 is 15.0. The molecule has 0 aliphatic carbocycles. The molecule has 42 heavy (non-hydrogen) atoms. The Balaban J connectivity index is 1.24. The molecule has 1 fully saturated rings. The van der Waals surface area contributed by atoms with Gasteiger partial charge in [0.25, 0.3) is 0 Å². The summed E-state index contributed by atoms with van der Waals surface area (Å²) in [4.78, 5) is 28.0. The maximum atomic E-state index is 12.4. The fourth-order valence-corrected chi connectivity index (χ4v) is 5.16. The molecule has 1 aliphatic heterocycles. The first-order valence-electron chi connectivity index (χ1n) is 14.3. The smallest absolute Gasteiger partial charge is 0.243 e. The second-order valence-electron chi connectivity index (χ2n) is 10.5. The summed E-state index contributed by atoms with van der Waals surface area (Å²) >= 11 is 0. The van der Waals surface area contributed by atoms with Crippen LogP contribution in [0.5, 0.6) is 0 Å². The Bertz CT molecular complexity index is 1470. The Labute approximate surface area is 244 Å². The number of rotatable bonds is 12. The van der Waals surface area contributed by atoms with Crippen molar-refractivity contribution in [3.05, 3.63) is 95.8 Å². The predicted molar refractivity (Wildman–Crippen MR) is 156 cm³/mol. The van der Waals surface area contributed by atoms with E-state index in [1.807, 2.05) is 79.1 Å². The van der Waals surface area contributed by atoms with E-state index in [4.69, 9.17) is 14.7 Å². The van der Waals surface area contributed by atoms with E-state index in [0.29, 0.717) is 37.9 Å². The number of imidazole rings is 1. The van der Waals surface area contributed by atoms with Gasteiger partial charge in [0, 0.05) is 30.5 Å². The Morgan fingerprint density at radius 1 is 0.881 bits per heavy atom. The summed E-state index contributed by atoms with van der Waals surface area (Å²) in [5.74, 6) is -0.517. The van der Waals surface area contributed by atoms with Crippen LogP contribution in [0.25, 0.3) is 11.0 Å². The Kier molecular flexibility index (Phi) is 9.94. The monoisotopic (exact) mass is 572 g/mol. The van der Waals surface area contributed by atoms with Crippen molar-refractivity contribution in [2.75, 3.05) is 5.32 Å². The van der Waals surface area contributed by atoms with Crippen LogP contribution in [0.3, 0.4) is 0 Å². The van der Waals surface area contributed by atoms with E-state index in [9.17, 15) is 14.7 Å². The lowest BCUT2D eigenvalue weighted by Gasteiger charge is -2.36. The number of hydrogen-bond donors (Lipinski definition) is 4. The lowest BCUT2D eigenvalue weighted by molar-refractivity contribution is -0.252. The van der Waals surface area contributed by atoms with Gasteiger partial charge < -0.3 is 24.5 Å². The molecule has 0 unspecified atom stereocenters. The molecular weight excluding hydrogens is 536 g/mol. The molecule has 0 saturated carbocycles. The van der Waals surface area contributed by atoms with Crippen LogP contribution in [0.1, 0.15) is 67.6 Å². The number of amides is 2. The highest BCUT2D eigenvalue weighted by Gasteiger charge is 2.32. The molecule has 2 amide bonds. The molecule has 10 heteroatoms. The zero-order valence-electron chi connectivity index (χ0n) is 23.3. The van der Waals surface area contributed by atoms with Crippen molar-refractivity contribution in [2.45, 2.75) is 70.2 Å². The zero-order valence-corrected chi connectivity index (χ0v) is 23.3. The summed E-state index contributed by atoms with van der Waals surface area (Å²) in [6.45, 7) is 0.602. The summed E-state index contributed by atoms with van der Waals surface area (Å²) in [6.07, 6.45) is 4.09. The topological polar surface area (TPSA) is 135 Å². The molecule has 220 valence electrons. The molecule has 0 radical (unpaired) electrons. The number of para-hydroxylation sites is 2. The van der Waals surface area contributed by atoms with Gasteiger partial charge in [0.15, 0.2) is 6.29 Å². The highest BCUT2D eigenvalue weighted by atomic mass is 16.7. The number of carbonyl (C=O) groups excluding carboxylic acids is 2. The molecule has 5 rings (SSSR count). The van der Waals surface area contributed by atoms with Crippen LogP contribution >= 0.6 is 0 Å². The molecule has 3 atom stereocenters. The van der Waals surface area contributed by atoms with Gasteiger partial charge in [-0.1, -0.05) is 55.0 Å². The number of fused-ring (bicyclic) bond motifs is 1. The molecule has 0 spiro atoms. The molecule has 1 aromatic heterocycles. The number of aliphatic hydroxyl groups is 1. The van der Waals surface area contributed by atoms with Crippen molar-refractivity contribution in [1.29, 1.82) is 0 Å². The number of ether oxygens (including phenoxy) is 2. The molecule has 10 nitrogen and oxygen atoms in total. The van der Waals surface area contributed by atoms with Crippen LogP contribution in [0.2, 0.25) is 0 Å². The van der Waals surface area contributed by atoms with E-state index < -0.39 is 12.2 Å². The number of hydrogen-bond acceptors (Lipinski definition) is 7. The average Bonchev–Trinajstić information content (AvgIpc) is 3.43. The fourth-order valence-electron chi connectivity index (χ4n) is 5.16. The second-order valence-corrected chi connectivity index (χ2v) is 10.5. The maximum absolute atomic E-state index is 12.4. The summed E-state index contributed by atoms with van der Waals surface area (Å²) in [5.41, 5.74) is 6.97. The first-order valence-corrected chi connectivity index (χ1v) is 14.3. The van der Waals surface area contributed by atoms with Gasteiger partial charge in [-0.2, -0.15) is 0 Å². The molecule has 0 bridgehead atoms. The Hall–Kier alpha value is -4.09. The van der Waals surface area contributed by atoms with Crippen molar-refractivity contribution in [3.63, 3.8) is 0 Å². The van der Waals surface area contributed by atoms with Crippen molar-refractivity contribution in [3.8, 4) is 0 Å². The normalized spacial score (nSPS) is 18.6. The average molecular weight is 573 g/mol. The largest absolute Gasteiger partial charge is 0.392 e. The summed E-state index contributed by atoms with van der Waals surface area (Å²) in [5, 5.41) is 20.9. The number of aliphatic hydroxyl groups excluding tert-OH is 1. The highest BCUT2D eigenvalue weighted by molar-refractivity contribution is 5.90. The van der Waals surface area contributed by atoms with Crippen LogP contribution in [0.15, 0.2) is 79.1 Å². The van der Waals surface area contributed by atoms with Crippen LogP contribution in [0, 0.1) is 0 Å². The van der Waals surface area contributed by atoms with Crippen LogP contribution < -0.4 is 10.8 Å². The second kappa shape index (κ2) is 14.2. The maximum Gasteiger partial charge on any atom is 0.243 e. The first kappa shape index (κ1) is 29.4. The number of nitrogens with zero attached hydrogens (tertiary/aromatic N) is 2. The van der Waals surface area contributed by atoms with E-state index in [1.54, 1.807) is 5.48 Å². The van der Waals surface area contributed by atoms with Crippen LogP contribution in [0.4, 0.5) is 5.69 Å². The fraction of sp³-hybridized carbons (Fsp3) is 0.344. The van der Waals surface area contributed by atoms with Gasteiger partial charge >= 0.3 is 0 Å². The summed E-state index contributed by atoms with van der Waals surface area (Å²) in [7, 11) is 0. The third kappa shape index (κ3) is 7.59. The van der Waals surface area contributed by atoms with Gasteiger partial charge in [-0.3, -0.25) is 14.8 Å². The van der Waals surface area contributed by atoms with Crippen LogP contribution in [-0.4, -0.2) is 37.8 Å². The van der Waals surface area contributed by atoms with Crippen molar-refractivity contribution >= 4 is 28.5 Å². The van der Waals surface area contributed by atoms with E-state index in [-0.39, 0.29) is 31.1 Å². The molecule has 3 aromatic carbocycles. The molecule has 1 aliphatic rings. The van der Waals surface area contributed by atoms with Crippen molar-refractivity contribution in [2.24, 2.45) is 0 Å². The van der Waals surface area contributed by atoms with Crippen LogP contribution in [-0.2, 0) is 32.2 Å². The van der Waals surface area contributed by atoms with Gasteiger partial charge in [0.1, 0.15) is 0 Å². The minimum Gasteiger partial charge on any atom is -0.392 e. The number of unbranched alkanes of at least 4 members (excludes halogenated alkanes) is 2. The molecule has 1 saturated heterocycles. The number of nitrogens with one attached hydrogen (secondary N) is 2. The predicted octanol–water partition coefficient (Wildman–Crippen LogP) is 5.17.